The number of aliphatic hydroxyl groups is 1. The minimum Gasteiger partial charge on any atom is -0.389 e. The molecule has 4 heteroatoms. The van der Waals surface area contributed by atoms with Gasteiger partial charge in [0.1, 0.15) is 5.82 Å². The van der Waals surface area contributed by atoms with Gasteiger partial charge in [-0.1, -0.05) is 25.1 Å². The zero-order valence-electron chi connectivity index (χ0n) is 13.7. The van der Waals surface area contributed by atoms with Crippen LogP contribution in [-0.4, -0.2) is 42.3 Å². The Morgan fingerprint density at radius 3 is 2.57 bits per heavy atom. The summed E-state index contributed by atoms with van der Waals surface area (Å²) in [5, 5.41) is 13.3. The summed E-state index contributed by atoms with van der Waals surface area (Å²) >= 11 is 0. The smallest absolute Gasteiger partial charge is 0.127 e. The molecule has 120 valence electrons. The van der Waals surface area contributed by atoms with Crippen molar-refractivity contribution in [3.63, 3.8) is 0 Å². The molecule has 0 bridgehead atoms. The molecule has 0 saturated heterocycles. The molecule has 0 heterocycles. The van der Waals surface area contributed by atoms with Gasteiger partial charge in [-0.15, -0.1) is 0 Å². The van der Waals surface area contributed by atoms with E-state index in [2.05, 4.69) is 17.1 Å². The van der Waals surface area contributed by atoms with Crippen LogP contribution >= 0.6 is 0 Å². The molecule has 0 aliphatic carbocycles. The Morgan fingerprint density at radius 2 is 2.00 bits per heavy atom. The molecule has 1 aromatic rings. The van der Waals surface area contributed by atoms with Crippen LogP contribution in [-0.2, 0) is 0 Å². The minimum atomic E-state index is -0.709. The van der Waals surface area contributed by atoms with Gasteiger partial charge in [0, 0.05) is 18.2 Å². The molecule has 1 rings (SSSR count). The Labute approximate surface area is 128 Å². The lowest BCUT2D eigenvalue weighted by Crippen LogP contribution is -2.38. The highest BCUT2D eigenvalue weighted by Crippen LogP contribution is 2.20. The number of nitrogens with zero attached hydrogens (tertiary/aromatic N) is 1. The fraction of sp³-hybridized carbons (Fsp3) is 0.647. The first-order valence-electron chi connectivity index (χ1n) is 7.72. The molecule has 1 atom stereocenters. The van der Waals surface area contributed by atoms with Crippen molar-refractivity contribution in [2.24, 2.45) is 0 Å². The standard InChI is InChI=1S/C17H29FN2O/c1-5-11-19-16(14-8-6-7-9-15(14)18)10-12-20(4)13-17(2,3)21/h6-9,16,19,21H,5,10-13H2,1-4H3. The van der Waals surface area contributed by atoms with Gasteiger partial charge in [-0.05, 0) is 52.9 Å². The van der Waals surface area contributed by atoms with Gasteiger partial charge in [-0.2, -0.15) is 0 Å². The molecule has 0 spiro atoms. The maximum atomic E-state index is 14.0. The molecule has 1 aromatic carbocycles. The second-order valence-corrected chi connectivity index (χ2v) is 6.37. The van der Waals surface area contributed by atoms with Crippen molar-refractivity contribution in [3.8, 4) is 0 Å². The SMILES string of the molecule is CCCNC(CCN(C)CC(C)(C)O)c1ccccc1F. The highest BCUT2D eigenvalue weighted by atomic mass is 19.1. The summed E-state index contributed by atoms with van der Waals surface area (Å²) in [7, 11) is 1.98. The van der Waals surface area contributed by atoms with Crippen molar-refractivity contribution in [1.29, 1.82) is 0 Å². The van der Waals surface area contributed by atoms with Crippen molar-refractivity contribution in [2.45, 2.75) is 45.3 Å². The normalized spacial score (nSPS) is 13.7. The summed E-state index contributed by atoms with van der Waals surface area (Å²) in [6.45, 7) is 7.98. The predicted molar refractivity (Wildman–Crippen MR) is 85.8 cm³/mol. The van der Waals surface area contributed by atoms with Crippen molar-refractivity contribution < 1.29 is 9.50 Å². The van der Waals surface area contributed by atoms with E-state index in [0.717, 1.165) is 31.5 Å². The molecule has 1 unspecified atom stereocenters. The van der Waals surface area contributed by atoms with E-state index in [1.807, 2.05) is 19.2 Å². The summed E-state index contributed by atoms with van der Waals surface area (Å²) in [5.74, 6) is -0.156. The number of nitrogens with one attached hydrogen (secondary N) is 1. The Kier molecular flexibility index (Phi) is 7.29. The molecule has 3 nitrogen and oxygen atoms in total. The third-order valence-electron chi connectivity index (χ3n) is 3.38. The number of benzene rings is 1. The van der Waals surface area contributed by atoms with Crippen LogP contribution in [0.15, 0.2) is 24.3 Å². The van der Waals surface area contributed by atoms with E-state index in [0.29, 0.717) is 6.54 Å². The zero-order chi connectivity index (χ0) is 15.9. The van der Waals surface area contributed by atoms with Gasteiger partial charge in [0.15, 0.2) is 0 Å². The van der Waals surface area contributed by atoms with E-state index < -0.39 is 5.60 Å². The number of halogens is 1. The quantitative estimate of drug-likeness (QED) is 0.735. The Bertz CT molecular complexity index is 417. The van der Waals surface area contributed by atoms with Crippen molar-refractivity contribution in [2.75, 3.05) is 26.7 Å². The van der Waals surface area contributed by atoms with Crippen LogP contribution < -0.4 is 5.32 Å². The van der Waals surface area contributed by atoms with Crippen LogP contribution in [0.3, 0.4) is 0 Å². The summed E-state index contributed by atoms with van der Waals surface area (Å²) in [5.41, 5.74) is 0.0154. The lowest BCUT2D eigenvalue weighted by molar-refractivity contribution is 0.0435. The first-order chi connectivity index (χ1) is 9.83. The van der Waals surface area contributed by atoms with Crippen LogP contribution in [0.1, 0.15) is 45.2 Å². The highest BCUT2D eigenvalue weighted by molar-refractivity contribution is 5.21. The van der Waals surface area contributed by atoms with Gasteiger partial charge in [0.05, 0.1) is 5.60 Å². The topological polar surface area (TPSA) is 35.5 Å². The minimum absolute atomic E-state index is 0.00963. The number of likely N-dealkylation sites (N-methyl/N-ethyl adjacent to an activating group) is 1. The molecule has 0 fully saturated rings. The van der Waals surface area contributed by atoms with Gasteiger partial charge in [0.2, 0.25) is 0 Å². The summed E-state index contributed by atoms with van der Waals surface area (Å²) in [4.78, 5) is 2.08. The van der Waals surface area contributed by atoms with Gasteiger partial charge in [0.25, 0.3) is 0 Å². The molecular formula is C17H29FN2O. The van der Waals surface area contributed by atoms with E-state index in [-0.39, 0.29) is 11.9 Å². The number of hydrogen-bond acceptors (Lipinski definition) is 3. The Morgan fingerprint density at radius 1 is 1.33 bits per heavy atom. The van der Waals surface area contributed by atoms with E-state index >= 15 is 0 Å². The van der Waals surface area contributed by atoms with Crippen molar-refractivity contribution >= 4 is 0 Å². The lowest BCUT2D eigenvalue weighted by Gasteiger charge is -2.27. The van der Waals surface area contributed by atoms with E-state index in [1.54, 1.807) is 19.9 Å². The van der Waals surface area contributed by atoms with Crippen LogP contribution in [0.4, 0.5) is 4.39 Å². The van der Waals surface area contributed by atoms with Gasteiger partial charge in [-0.25, -0.2) is 4.39 Å². The molecule has 0 aliphatic rings. The summed E-state index contributed by atoms with van der Waals surface area (Å²) < 4.78 is 14.0. The average Bonchev–Trinajstić information content (AvgIpc) is 2.38. The second kappa shape index (κ2) is 8.47. The highest BCUT2D eigenvalue weighted by Gasteiger charge is 2.18. The first kappa shape index (κ1) is 18.1. The molecule has 0 saturated carbocycles. The van der Waals surface area contributed by atoms with E-state index in [4.69, 9.17) is 0 Å². The van der Waals surface area contributed by atoms with Gasteiger partial charge >= 0.3 is 0 Å². The maximum Gasteiger partial charge on any atom is 0.127 e. The third kappa shape index (κ3) is 7.02. The molecule has 0 aliphatic heterocycles. The maximum absolute atomic E-state index is 14.0. The van der Waals surface area contributed by atoms with E-state index in [9.17, 15) is 9.50 Å². The summed E-state index contributed by atoms with van der Waals surface area (Å²) in [6, 6.07) is 6.96. The molecule has 0 radical (unpaired) electrons. The largest absolute Gasteiger partial charge is 0.389 e. The van der Waals surface area contributed by atoms with Crippen LogP contribution in [0.2, 0.25) is 0 Å². The van der Waals surface area contributed by atoms with Crippen LogP contribution in [0, 0.1) is 5.82 Å². The monoisotopic (exact) mass is 296 g/mol. The number of rotatable bonds is 9. The first-order valence-corrected chi connectivity index (χ1v) is 7.72. The fourth-order valence-corrected chi connectivity index (χ4v) is 2.53. The molecule has 2 N–H and O–H groups in total. The van der Waals surface area contributed by atoms with Crippen molar-refractivity contribution in [3.05, 3.63) is 35.6 Å². The lowest BCUT2D eigenvalue weighted by atomic mass is 10.0. The fourth-order valence-electron chi connectivity index (χ4n) is 2.53. The molecular weight excluding hydrogens is 267 g/mol. The van der Waals surface area contributed by atoms with Gasteiger partial charge in [-0.3, -0.25) is 0 Å². The van der Waals surface area contributed by atoms with Crippen LogP contribution in [0.25, 0.3) is 0 Å². The average molecular weight is 296 g/mol. The van der Waals surface area contributed by atoms with E-state index in [1.165, 1.54) is 6.07 Å². The van der Waals surface area contributed by atoms with Gasteiger partial charge < -0.3 is 15.3 Å². The third-order valence-corrected chi connectivity index (χ3v) is 3.38. The Balaban J connectivity index is 2.65. The predicted octanol–water partition coefficient (Wildman–Crippen LogP) is 2.96. The Hall–Kier alpha value is -0.970. The zero-order valence-corrected chi connectivity index (χ0v) is 13.7. The van der Waals surface area contributed by atoms with Crippen molar-refractivity contribution in [1.82, 2.24) is 10.2 Å². The molecule has 0 aromatic heterocycles. The summed E-state index contributed by atoms with van der Waals surface area (Å²) in [6.07, 6.45) is 1.83. The number of hydrogen-bond donors (Lipinski definition) is 2. The molecule has 21 heavy (non-hydrogen) atoms. The second-order valence-electron chi connectivity index (χ2n) is 6.37. The van der Waals surface area contributed by atoms with Crippen LogP contribution in [0.5, 0.6) is 0 Å². The molecule has 0 amide bonds.